The monoisotopic (exact) mass is 617 g/mol. The molecule has 0 aliphatic rings. The van der Waals surface area contributed by atoms with Gasteiger partial charge in [0.25, 0.3) is 0 Å². The van der Waals surface area contributed by atoms with Crippen molar-refractivity contribution in [3.8, 4) is 12.8 Å². The van der Waals surface area contributed by atoms with Crippen molar-refractivity contribution >= 4 is 25.7 Å². The number of nitrogens with zero attached hydrogens (tertiary/aromatic N) is 2. The van der Waals surface area contributed by atoms with Gasteiger partial charge < -0.3 is 20.6 Å². The highest BCUT2D eigenvalue weighted by molar-refractivity contribution is 7.99. The van der Waals surface area contributed by atoms with Gasteiger partial charge in [0.2, 0.25) is 0 Å². The van der Waals surface area contributed by atoms with Crippen LogP contribution in [0.2, 0.25) is 0 Å². The van der Waals surface area contributed by atoms with Crippen LogP contribution in [0.1, 0.15) is 150 Å². The third-order valence-corrected chi connectivity index (χ3v) is 7.86. The smallest absolute Gasteiger partial charge is 0.127 e. The van der Waals surface area contributed by atoms with Gasteiger partial charge >= 0.3 is 0 Å². The number of thioether (sulfide) groups is 1. The van der Waals surface area contributed by atoms with Gasteiger partial charge in [-0.25, -0.2) is 4.98 Å². The Bertz CT molecular complexity index is 579. The van der Waals surface area contributed by atoms with Crippen LogP contribution >= 0.6 is 19.9 Å². The molecule has 0 atom stereocenters. The molecule has 0 saturated carbocycles. The van der Waals surface area contributed by atoms with E-state index in [1.54, 1.807) is 6.33 Å². The Labute approximate surface area is 264 Å². The van der Waals surface area contributed by atoms with Crippen molar-refractivity contribution < 1.29 is 4.52 Å². The zero-order valence-corrected chi connectivity index (χ0v) is 30.6. The zero-order chi connectivity index (χ0) is 32.0. The van der Waals surface area contributed by atoms with Crippen LogP contribution in [0.5, 0.6) is 0 Å². The van der Waals surface area contributed by atoms with Gasteiger partial charge in [-0.3, -0.25) is 0 Å². The number of hydrogen-bond donors (Lipinski definition) is 2. The Morgan fingerprint density at radius 1 is 0.780 bits per heavy atom. The third kappa shape index (κ3) is 37.2. The van der Waals surface area contributed by atoms with E-state index in [0.717, 1.165) is 12.2 Å². The molecule has 5 nitrogen and oxygen atoms in total. The molecule has 1 aromatic heterocycles. The first-order valence-corrected chi connectivity index (χ1v) is 20.1. The van der Waals surface area contributed by atoms with Gasteiger partial charge in [0.15, 0.2) is 0 Å². The molecule has 0 radical (unpaired) electrons. The van der Waals surface area contributed by atoms with E-state index >= 15 is 0 Å². The number of rotatable bonds is 23. The van der Waals surface area contributed by atoms with E-state index in [0.29, 0.717) is 19.0 Å². The van der Waals surface area contributed by atoms with Gasteiger partial charge in [-0.2, -0.15) is 11.8 Å². The normalized spacial score (nSPS) is 9.85. The molecular weight excluding hydrogens is 543 g/mol. The van der Waals surface area contributed by atoms with E-state index in [4.69, 9.17) is 16.0 Å². The molecule has 41 heavy (non-hydrogen) atoms. The number of imidazole rings is 1. The second-order valence-electron chi connectivity index (χ2n) is 9.62. The highest BCUT2D eigenvalue weighted by Gasteiger charge is 2.05. The molecular formula is C34H73N4OPS. The standard InChI is InChI=1S/C20H42S.C8H17N4OP.2C2H6.C2H2/c1-3-5-6-7-8-9-10-11-12-13-14-15-16-17-18-19-20-21-4-2;1-14(2)13-4-3-12-6-11-7(5-9)8(12)10;3*1-2/h3-20H2,1-2H3;6H,3-5,9-10H2,1-2H3;2*1-2H3;1-2H. The van der Waals surface area contributed by atoms with E-state index in [1.165, 1.54) is 114 Å². The van der Waals surface area contributed by atoms with Crippen LogP contribution in [0.25, 0.3) is 0 Å². The number of nitrogen functional groups attached to an aromatic ring is 1. The van der Waals surface area contributed by atoms with Crippen molar-refractivity contribution in [2.24, 2.45) is 5.73 Å². The first-order chi connectivity index (χ1) is 20.1. The number of aromatic nitrogens is 2. The van der Waals surface area contributed by atoms with Crippen molar-refractivity contribution in [1.82, 2.24) is 9.55 Å². The molecule has 1 heterocycles. The van der Waals surface area contributed by atoms with E-state index in [9.17, 15) is 0 Å². The molecule has 0 amide bonds. The fourth-order valence-electron chi connectivity index (χ4n) is 3.99. The number of anilines is 1. The summed E-state index contributed by atoms with van der Waals surface area (Å²) in [6.07, 6.45) is 33.2. The van der Waals surface area contributed by atoms with Crippen LogP contribution in [-0.4, -0.2) is 41.0 Å². The molecule has 0 aliphatic carbocycles. The maximum absolute atomic E-state index is 5.80. The molecule has 246 valence electrons. The Hall–Kier alpha value is -0.730. The maximum Gasteiger partial charge on any atom is 0.127 e. The van der Waals surface area contributed by atoms with Crippen LogP contribution in [0, 0.1) is 12.8 Å². The average molecular weight is 617 g/mol. The second kappa shape index (κ2) is 43.7. The highest BCUT2D eigenvalue weighted by Crippen LogP contribution is 2.25. The molecule has 0 aliphatic heterocycles. The van der Waals surface area contributed by atoms with Gasteiger partial charge in [0.1, 0.15) is 5.82 Å². The summed E-state index contributed by atoms with van der Waals surface area (Å²) in [5, 5.41) is 0. The summed E-state index contributed by atoms with van der Waals surface area (Å²) in [6.45, 7) is 18.5. The number of terminal acetylenes is 1. The fraction of sp³-hybridized carbons (Fsp3) is 0.853. The lowest BCUT2D eigenvalue weighted by molar-refractivity contribution is 0.334. The van der Waals surface area contributed by atoms with Gasteiger partial charge in [0.05, 0.1) is 18.6 Å². The van der Waals surface area contributed by atoms with Crippen LogP contribution < -0.4 is 11.5 Å². The zero-order valence-electron chi connectivity index (χ0n) is 28.9. The van der Waals surface area contributed by atoms with Gasteiger partial charge in [-0.05, 0) is 31.3 Å². The predicted molar refractivity (Wildman–Crippen MR) is 194 cm³/mol. The molecule has 0 fully saturated rings. The summed E-state index contributed by atoms with van der Waals surface area (Å²) in [5.74, 6) is 3.32. The van der Waals surface area contributed by atoms with Crippen molar-refractivity contribution in [1.29, 1.82) is 0 Å². The second-order valence-corrected chi connectivity index (χ2v) is 12.9. The molecule has 7 heteroatoms. The summed E-state index contributed by atoms with van der Waals surface area (Å²) in [4.78, 5) is 4.09. The topological polar surface area (TPSA) is 79.1 Å². The van der Waals surface area contributed by atoms with Crippen molar-refractivity contribution in [3.63, 3.8) is 0 Å². The minimum absolute atomic E-state index is 0.302. The minimum atomic E-state index is -0.302. The van der Waals surface area contributed by atoms with Crippen LogP contribution in [0.15, 0.2) is 6.33 Å². The highest BCUT2D eigenvalue weighted by atomic mass is 32.2. The average Bonchev–Trinajstić information content (AvgIpc) is 3.37. The molecule has 0 spiro atoms. The van der Waals surface area contributed by atoms with Crippen LogP contribution in [0.3, 0.4) is 0 Å². The van der Waals surface area contributed by atoms with Crippen LogP contribution in [0.4, 0.5) is 5.82 Å². The predicted octanol–water partition coefficient (Wildman–Crippen LogP) is 10.9. The summed E-state index contributed by atoms with van der Waals surface area (Å²) < 4.78 is 7.34. The lowest BCUT2D eigenvalue weighted by atomic mass is 10.0. The summed E-state index contributed by atoms with van der Waals surface area (Å²) in [7, 11) is -0.302. The maximum atomic E-state index is 5.80. The Morgan fingerprint density at radius 2 is 1.20 bits per heavy atom. The summed E-state index contributed by atoms with van der Waals surface area (Å²) >= 11 is 2.09. The Morgan fingerprint density at radius 3 is 1.54 bits per heavy atom. The van der Waals surface area contributed by atoms with Gasteiger partial charge in [0, 0.05) is 21.2 Å². The SMILES string of the molecule is C#C.CC.CC.CCCCCCCCCCCCCCCCCCSCC.CP(C)OCCn1cnc(CN)c1N. The molecule has 0 saturated heterocycles. The van der Waals surface area contributed by atoms with Crippen molar-refractivity contribution in [2.45, 2.75) is 157 Å². The Kier molecular flexibility index (Phi) is 50.3. The molecule has 4 N–H and O–H groups in total. The first-order valence-electron chi connectivity index (χ1n) is 16.8. The van der Waals surface area contributed by atoms with E-state index in [2.05, 4.69) is 56.8 Å². The number of hydrogen-bond acceptors (Lipinski definition) is 5. The van der Waals surface area contributed by atoms with Gasteiger partial charge in [-0.1, -0.05) is 138 Å². The largest absolute Gasteiger partial charge is 0.384 e. The van der Waals surface area contributed by atoms with Crippen molar-refractivity contribution in [2.75, 3.05) is 37.2 Å². The van der Waals surface area contributed by atoms with Crippen molar-refractivity contribution in [3.05, 3.63) is 12.0 Å². The molecule has 1 aromatic rings. The quantitative estimate of drug-likeness (QED) is 0.0726. The first kappa shape index (κ1) is 47.2. The summed E-state index contributed by atoms with van der Waals surface area (Å²) in [6, 6.07) is 0. The van der Waals surface area contributed by atoms with Gasteiger partial charge in [-0.15, -0.1) is 12.8 Å². The Balaban J connectivity index is -0.000000295. The van der Waals surface area contributed by atoms with E-state index in [-0.39, 0.29) is 8.15 Å². The fourth-order valence-corrected chi connectivity index (χ4v) is 5.13. The van der Waals surface area contributed by atoms with E-state index in [1.807, 2.05) is 32.3 Å². The summed E-state index contributed by atoms with van der Waals surface area (Å²) in [5.41, 5.74) is 12.0. The number of nitrogens with two attached hydrogens (primary N) is 2. The molecule has 0 aromatic carbocycles. The van der Waals surface area contributed by atoms with Crippen LogP contribution in [-0.2, 0) is 17.6 Å². The van der Waals surface area contributed by atoms with E-state index < -0.39 is 0 Å². The molecule has 0 unspecified atom stereocenters. The number of unbranched alkanes of at least 4 members (excludes halogenated alkanes) is 15. The molecule has 1 rings (SSSR count). The third-order valence-electron chi connectivity index (χ3n) is 6.18. The lowest BCUT2D eigenvalue weighted by Gasteiger charge is -2.08. The lowest BCUT2D eigenvalue weighted by Crippen LogP contribution is -2.08. The molecule has 0 bridgehead atoms. The minimum Gasteiger partial charge on any atom is -0.384 e.